The van der Waals surface area contributed by atoms with Gasteiger partial charge in [-0.25, -0.2) is 0 Å². The monoisotopic (exact) mass is 241 g/mol. The molecule has 1 nitrogen and oxygen atoms in total. The maximum Gasteiger partial charge on any atom is 0.0529 e. The average molecular weight is 241 g/mol. The first kappa shape index (κ1) is 10.7. The summed E-state index contributed by atoms with van der Waals surface area (Å²) >= 11 is 1.84. The lowest BCUT2D eigenvalue weighted by molar-refractivity contribution is 0.865. The summed E-state index contributed by atoms with van der Waals surface area (Å²) in [5, 5.41) is 3.51. The molecule has 0 aromatic heterocycles. The van der Waals surface area contributed by atoms with Crippen LogP contribution >= 0.6 is 11.8 Å². The van der Waals surface area contributed by atoms with Gasteiger partial charge in [0.25, 0.3) is 0 Å². The van der Waals surface area contributed by atoms with Crippen molar-refractivity contribution in [2.45, 2.75) is 29.6 Å². The largest absolute Gasteiger partial charge is 0.354 e. The maximum atomic E-state index is 3.51. The normalized spacial score (nSPS) is 12.9. The van der Waals surface area contributed by atoms with Crippen LogP contribution in [0.15, 0.2) is 52.3 Å². The second-order valence-electron chi connectivity index (χ2n) is 4.63. The van der Waals surface area contributed by atoms with Gasteiger partial charge in [0.15, 0.2) is 0 Å². The third-order valence-electron chi connectivity index (χ3n) is 3.05. The van der Waals surface area contributed by atoms with Crippen molar-refractivity contribution in [3.63, 3.8) is 0 Å². The molecule has 3 rings (SSSR count). The first-order chi connectivity index (χ1) is 8.24. The summed E-state index contributed by atoms with van der Waals surface area (Å²) in [7, 11) is 0. The number of hydrogen-bond donors (Lipinski definition) is 1. The molecule has 86 valence electrons. The minimum Gasteiger partial charge on any atom is -0.354 e. The van der Waals surface area contributed by atoms with Crippen LogP contribution in [0.4, 0.5) is 11.4 Å². The molecule has 1 N–H and O–H groups in total. The smallest absolute Gasteiger partial charge is 0.0529 e. The van der Waals surface area contributed by atoms with Crippen LogP contribution < -0.4 is 5.32 Å². The molecule has 2 heteroatoms. The molecule has 0 saturated carbocycles. The third-order valence-corrected chi connectivity index (χ3v) is 4.20. The Kier molecular flexibility index (Phi) is 2.60. The summed E-state index contributed by atoms with van der Waals surface area (Å²) in [6, 6.07) is 15.2. The van der Waals surface area contributed by atoms with E-state index in [0.717, 1.165) is 0 Å². The van der Waals surface area contributed by atoms with E-state index in [1.54, 1.807) is 0 Å². The van der Waals surface area contributed by atoms with Crippen LogP contribution in [0.2, 0.25) is 0 Å². The molecule has 0 fully saturated rings. The number of nitrogens with one attached hydrogen (secondary N) is 1. The molecule has 0 saturated heterocycles. The average Bonchev–Trinajstić information content (AvgIpc) is 2.35. The predicted octanol–water partition coefficient (Wildman–Crippen LogP) is 5.02. The Morgan fingerprint density at radius 2 is 1.71 bits per heavy atom. The molecule has 0 radical (unpaired) electrons. The van der Waals surface area contributed by atoms with Crippen molar-refractivity contribution in [1.29, 1.82) is 0 Å². The quantitative estimate of drug-likeness (QED) is 0.642. The van der Waals surface area contributed by atoms with E-state index in [2.05, 4.69) is 61.6 Å². The van der Waals surface area contributed by atoms with E-state index >= 15 is 0 Å². The van der Waals surface area contributed by atoms with Gasteiger partial charge in [0, 0.05) is 9.79 Å². The summed E-state index contributed by atoms with van der Waals surface area (Å²) in [4.78, 5) is 2.62. The fourth-order valence-corrected chi connectivity index (χ4v) is 2.98. The highest BCUT2D eigenvalue weighted by atomic mass is 32.2. The first-order valence-corrected chi connectivity index (χ1v) is 6.73. The van der Waals surface area contributed by atoms with E-state index < -0.39 is 0 Å². The summed E-state index contributed by atoms with van der Waals surface area (Å²) in [5.74, 6) is 0.573. The zero-order chi connectivity index (χ0) is 11.8. The number of fused-ring (bicyclic) bond motifs is 2. The topological polar surface area (TPSA) is 12.0 Å². The molecule has 0 spiro atoms. The number of hydrogen-bond acceptors (Lipinski definition) is 2. The van der Waals surface area contributed by atoms with Gasteiger partial charge in [-0.3, -0.25) is 0 Å². The molecule has 0 bridgehead atoms. The van der Waals surface area contributed by atoms with Crippen LogP contribution in [0.25, 0.3) is 0 Å². The van der Waals surface area contributed by atoms with Crippen molar-refractivity contribution in [1.82, 2.24) is 0 Å². The standard InChI is InChI=1S/C15H15NS/c1-10(2)11-7-8-15-13(9-11)16-12-5-3-4-6-14(12)17-15/h3-10,16H,1-2H3. The minimum absolute atomic E-state index is 0.573. The molecular formula is C15H15NS. The van der Waals surface area contributed by atoms with E-state index in [1.807, 2.05) is 11.8 Å². The molecule has 1 aliphatic rings. The highest BCUT2D eigenvalue weighted by Gasteiger charge is 2.15. The molecule has 2 aromatic rings. The molecule has 0 aliphatic carbocycles. The molecule has 0 unspecified atom stereocenters. The maximum absolute atomic E-state index is 3.51. The molecule has 2 aromatic carbocycles. The van der Waals surface area contributed by atoms with Gasteiger partial charge < -0.3 is 5.32 Å². The Hall–Kier alpha value is -1.41. The second kappa shape index (κ2) is 4.11. The molecule has 1 heterocycles. The summed E-state index contributed by atoms with van der Waals surface area (Å²) in [6.07, 6.45) is 0. The van der Waals surface area contributed by atoms with Crippen LogP contribution in [0.5, 0.6) is 0 Å². The van der Waals surface area contributed by atoms with Crippen LogP contribution in [0.1, 0.15) is 25.3 Å². The number of anilines is 2. The van der Waals surface area contributed by atoms with Gasteiger partial charge in [-0.1, -0.05) is 43.8 Å². The van der Waals surface area contributed by atoms with Crippen molar-refractivity contribution in [2.24, 2.45) is 0 Å². The van der Waals surface area contributed by atoms with Gasteiger partial charge in [-0.15, -0.1) is 0 Å². The number of para-hydroxylation sites is 1. The van der Waals surface area contributed by atoms with Crippen LogP contribution in [-0.4, -0.2) is 0 Å². The zero-order valence-corrected chi connectivity index (χ0v) is 10.8. The second-order valence-corrected chi connectivity index (χ2v) is 5.72. The van der Waals surface area contributed by atoms with Gasteiger partial charge >= 0.3 is 0 Å². The lowest BCUT2D eigenvalue weighted by Gasteiger charge is -2.21. The third kappa shape index (κ3) is 1.93. The molecule has 0 amide bonds. The molecular weight excluding hydrogens is 226 g/mol. The van der Waals surface area contributed by atoms with Crippen molar-refractivity contribution in [3.8, 4) is 0 Å². The van der Waals surface area contributed by atoms with Gasteiger partial charge in [-0.05, 0) is 35.7 Å². The van der Waals surface area contributed by atoms with Crippen molar-refractivity contribution >= 4 is 23.1 Å². The van der Waals surface area contributed by atoms with E-state index in [9.17, 15) is 0 Å². The van der Waals surface area contributed by atoms with Crippen LogP contribution in [0.3, 0.4) is 0 Å². The van der Waals surface area contributed by atoms with Crippen molar-refractivity contribution in [3.05, 3.63) is 48.0 Å². The van der Waals surface area contributed by atoms with Crippen LogP contribution in [-0.2, 0) is 0 Å². The highest BCUT2D eigenvalue weighted by molar-refractivity contribution is 7.99. The Morgan fingerprint density at radius 3 is 2.53 bits per heavy atom. The number of rotatable bonds is 1. The van der Waals surface area contributed by atoms with Crippen molar-refractivity contribution < 1.29 is 0 Å². The van der Waals surface area contributed by atoms with Gasteiger partial charge in [0.1, 0.15) is 0 Å². The lowest BCUT2D eigenvalue weighted by atomic mass is 10.0. The Labute approximate surface area is 106 Å². The highest BCUT2D eigenvalue weighted by Crippen LogP contribution is 2.44. The predicted molar refractivity (Wildman–Crippen MR) is 74.4 cm³/mol. The van der Waals surface area contributed by atoms with Gasteiger partial charge in [0.2, 0.25) is 0 Å². The van der Waals surface area contributed by atoms with Crippen molar-refractivity contribution in [2.75, 3.05) is 5.32 Å². The minimum atomic E-state index is 0.573. The SMILES string of the molecule is CC(C)c1ccc2c(c1)Nc1ccccc1S2. The Bertz CT molecular complexity index is 561. The fourth-order valence-electron chi connectivity index (χ4n) is 2.02. The van der Waals surface area contributed by atoms with Crippen LogP contribution in [0, 0.1) is 0 Å². The summed E-state index contributed by atoms with van der Waals surface area (Å²) in [5.41, 5.74) is 3.84. The van der Waals surface area contributed by atoms with E-state index in [4.69, 9.17) is 0 Å². The van der Waals surface area contributed by atoms with E-state index in [1.165, 1.54) is 26.7 Å². The fraction of sp³-hybridized carbons (Fsp3) is 0.200. The summed E-state index contributed by atoms with van der Waals surface area (Å²) < 4.78 is 0. The molecule has 1 aliphatic heterocycles. The molecule has 17 heavy (non-hydrogen) atoms. The van der Waals surface area contributed by atoms with Gasteiger partial charge in [0.05, 0.1) is 11.4 Å². The van der Waals surface area contributed by atoms with E-state index in [0.29, 0.717) is 5.92 Å². The Morgan fingerprint density at radius 1 is 0.941 bits per heavy atom. The zero-order valence-electron chi connectivity index (χ0n) is 10.0. The summed E-state index contributed by atoms with van der Waals surface area (Å²) in [6.45, 7) is 4.46. The van der Waals surface area contributed by atoms with E-state index in [-0.39, 0.29) is 0 Å². The first-order valence-electron chi connectivity index (χ1n) is 5.92. The lowest BCUT2D eigenvalue weighted by Crippen LogP contribution is -2.00. The number of benzene rings is 2. The Balaban J connectivity index is 2.03. The molecule has 0 atom stereocenters. The van der Waals surface area contributed by atoms with Gasteiger partial charge in [-0.2, -0.15) is 0 Å².